The predicted molar refractivity (Wildman–Crippen MR) is 458 cm³/mol. The molecular weight excluding hydrogens is 1230 g/mol. The summed E-state index contributed by atoms with van der Waals surface area (Å²) in [6.45, 7) is 48.2. The summed E-state index contributed by atoms with van der Waals surface area (Å²) in [5.41, 5.74) is 0.694. The molecule has 14 rings (SSSR count). The van der Waals surface area contributed by atoms with Gasteiger partial charge in [-0.3, -0.25) is 0 Å². The molecule has 10 bridgehead atoms. The van der Waals surface area contributed by atoms with E-state index in [0.717, 1.165) is 166 Å². The van der Waals surface area contributed by atoms with Gasteiger partial charge in [-0.2, -0.15) is 0 Å². The quantitative estimate of drug-likeness (QED) is 0.193. The second-order valence-corrected chi connectivity index (χ2v) is 44.1. The van der Waals surface area contributed by atoms with Crippen LogP contribution in [-0.4, -0.2) is 0 Å². The van der Waals surface area contributed by atoms with Crippen LogP contribution in [0.1, 0.15) is 479 Å². The van der Waals surface area contributed by atoms with Crippen molar-refractivity contribution >= 4 is 0 Å². The molecule has 0 aliphatic heterocycles. The molecule has 11 unspecified atom stereocenters. The van der Waals surface area contributed by atoms with Gasteiger partial charge < -0.3 is 0 Å². The molecule has 0 N–H and O–H groups in total. The van der Waals surface area contributed by atoms with Crippen LogP contribution in [0.4, 0.5) is 0 Å². The fraction of sp³-hybridized carbons (Fsp3) is 1.00. The zero-order valence-corrected chi connectivity index (χ0v) is 74.1. The number of fused-ring (bicyclic) bond motifs is 10. The fourth-order valence-corrected chi connectivity index (χ4v) is 25.4. The first kappa shape index (κ1) is 90.9. The fourth-order valence-electron chi connectivity index (χ4n) is 25.4. The van der Waals surface area contributed by atoms with E-state index in [-0.39, 0.29) is 0 Å². The summed E-state index contributed by atoms with van der Waals surface area (Å²) >= 11 is 0. The second-order valence-electron chi connectivity index (χ2n) is 44.1. The van der Waals surface area contributed by atoms with E-state index in [4.69, 9.17) is 0 Å². The van der Waals surface area contributed by atoms with Crippen LogP contribution in [0.5, 0.6) is 0 Å². The summed E-state index contributed by atoms with van der Waals surface area (Å²) < 4.78 is 0. The first-order valence-corrected chi connectivity index (χ1v) is 48.8. The minimum atomic E-state index is 0.694. The van der Waals surface area contributed by atoms with Crippen molar-refractivity contribution in [2.45, 2.75) is 479 Å². The molecule has 14 aliphatic rings. The van der Waals surface area contributed by atoms with Gasteiger partial charge in [0.05, 0.1) is 0 Å². The second kappa shape index (κ2) is 49.4. The molecule has 0 heterocycles. The Bertz CT molecular complexity index is 1940. The summed E-state index contributed by atoms with van der Waals surface area (Å²) in [7, 11) is 0. The SMILES string of the molecule is CC(C)C1CC2CCCC(C2)C1.CC(C)C1CC2CCCCC(C2)C1.CC(C)C1CCCCCCC1.CC(C)C1CCCCCCCC1.CC(C)C1CCCCCCCCC1.CC(C)CCC1CCC2CC1C2(C)C.CC1CC2CC(C1)CC(C(C)C)C2.CCC1CC2CC(C1)CC(C(C)C)C2. The zero-order chi connectivity index (χ0) is 74.1. The Kier molecular flexibility index (Phi) is 44.0. The molecule has 0 saturated heterocycles. The van der Waals surface area contributed by atoms with Crippen LogP contribution >= 0.6 is 0 Å². The molecule has 0 aromatic rings. The highest BCUT2D eigenvalue weighted by atomic mass is 14.6. The smallest absolute Gasteiger partial charge is 0.0295 e. The summed E-state index contributed by atoms with van der Waals surface area (Å²) in [5.74, 6) is 28.8. The van der Waals surface area contributed by atoms with E-state index < -0.39 is 0 Å². The maximum atomic E-state index is 2.51. The van der Waals surface area contributed by atoms with Gasteiger partial charge in [-0.15, -0.1) is 0 Å². The summed E-state index contributed by atoms with van der Waals surface area (Å²) in [6.07, 6.45) is 80.3. The van der Waals surface area contributed by atoms with Gasteiger partial charge in [0, 0.05) is 0 Å². The summed E-state index contributed by atoms with van der Waals surface area (Å²) in [4.78, 5) is 0. The van der Waals surface area contributed by atoms with Crippen LogP contribution in [0.25, 0.3) is 0 Å². The third kappa shape index (κ3) is 33.9. The average molecular weight is 1420 g/mol. The van der Waals surface area contributed by atoms with Crippen LogP contribution in [0, 0.1) is 171 Å². The lowest BCUT2D eigenvalue weighted by Crippen LogP contribution is -2.52. The van der Waals surface area contributed by atoms with Gasteiger partial charge in [-0.1, -0.05) is 350 Å². The van der Waals surface area contributed by atoms with E-state index >= 15 is 0 Å². The Morgan fingerprint density at radius 3 is 0.794 bits per heavy atom. The molecule has 0 aromatic heterocycles. The van der Waals surface area contributed by atoms with Crippen LogP contribution in [-0.2, 0) is 0 Å². The molecule has 0 amide bonds. The summed E-state index contributed by atoms with van der Waals surface area (Å²) in [5, 5.41) is 0. The van der Waals surface area contributed by atoms with Gasteiger partial charge in [0.1, 0.15) is 0 Å². The number of hydrogen-bond acceptors (Lipinski definition) is 0. The Morgan fingerprint density at radius 1 is 0.255 bits per heavy atom. The van der Waals surface area contributed by atoms with Crippen molar-refractivity contribution in [3.8, 4) is 0 Å². The van der Waals surface area contributed by atoms with Gasteiger partial charge in [0.25, 0.3) is 0 Å². The third-order valence-corrected chi connectivity index (χ3v) is 32.8. The molecular formula is C102H194. The average Bonchev–Trinajstić information content (AvgIpc) is 0.784. The van der Waals surface area contributed by atoms with Crippen LogP contribution in [0.2, 0.25) is 0 Å². The highest BCUT2D eigenvalue weighted by molar-refractivity contribution is 5.03. The highest BCUT2D eigenvalue weighted by Gasteiger charge is 2.54. The van der Waals surface area contributed by atoms with Crippen molar-refractivity contribution in [1.29, 1.82) is 0 Å². The standard InChI is InChI=1S/2C14H26.2C13H24.C13H26.C12H22.C12H24.C11H22/c1-10(2)5-6-11-7-8-12-9-13(11)14(12,3)4;1-4-11-5-12-7-13(6-11)9-14(8-12)10(2)3;1-9(2)13-7-11-4-10(3)5-12(6-11)8-13;1-10(2)13-8-11-5-3-4-6-12(7-11)9-13;1-12(2)13-10-8-6-4-3-5-7-9-11-13;1-9(2)12-7-10-4-3-5-11(6-10)8-12;1-11(2)12-9-7-5-3-4-6-8-10-12;1-10(2)11-8-6-4-3-5-7-9-11/h10-13H,5-9H2,1-4H3;10-14H,4-9H2,1-3H3;9-13H,4-8H2,1-3H3;10-13H,3-9H2,1-2H3;12-13H,3-11H2,1-2H3;9-12H,3-8H2,1-2H3;11-12H,3-10H2,1-2H3;10-11H,3-9H2,1-2H3. The van der Waals surface area contributed by atoms with E-state index in [0.29, 0.717) is 5.41 Å². The number of hydrogen-bond donors (Lipinski definition) is 0. The molecule has 14 aliphatic carbocycles. The Labute approximate surface area is 646 Å². The topological polar surface area (TPSA) is 0 Å². The van der Waals surface area contributed by atoms with Gasteiger partial charge in [-0.05, 0) is 300 Å². The minimum Gasteiger partial charge on any atom is -0.0651 e. The third-order valence-electron chi connectivity index (χ3n) is 32.8. The maximum absolute atomic E-state index is 2.51. The van der Waals surface area contributed by atoms with Crippen molar-refractivity contribution in [3.63, 3.8) is 0 Å². The monoisotopic (exact) mass is 1420 g/mol. The molecule has 102 heavy (non-hydrogen) atoms. The van der Waals surface area contributed by atoms with Crippen LogP contribution < -0.4 is 0 Å². The van der Waals surface area contributed by atoms with Crippen molar-refractivity contribution < 1.29 is 0 Å². The van der Waals surface area contributed by atoms with Crippen molar-refractivity contribution in [2.24, 2.45) is 171 Å². The maximum Gasteiger partial charge on any atom is -0.0295 e. The van der Waals surface area contributed by atoms with E-state index in [1.807, 2.05) is 0 Å². The molecule has 11 atom stereocenters. The molecule has 14 fully saturated rings. The normalized spacial score (nSPS) is 35.4. The van der Waals surface area contributed by atoms with Crippen molar-refractivity contribution in [1.82, 2.24) is 0 Å². The molecule has 0 spiro atoms. The molecule has 14 saturated carbocycles. The zero-order valence-electron chi connectivity index (χ0n) is 74.1. The lowest BCUT2D eigenvalue weighted by Gasteiger charge is -2.60. The molecule has 0 radical (unpaired) electrons. The first-order chi connectivity index (χ1) is 48.8. The van der Waals surface area contributed by atoms with Gasteiger partial charge >= 0.3 is 0 Å². The van der Waals surface area contributed by atoms with Crippen molar-refractivity contribution in [3.05, 3.63) is 0 Å². The van der Waals surface area contributed by atoms with Gasteiger partial charge in [0.15, 0.2) is 0 Å². The van der Waals surface area contributed by atoms with Gasteiger partial charge in [-0.25, -0.2) is 0 Å². The van der Waals surface area contributed by atoms with Crippen LogP contribution in [0.15, 0.2) is 0 Å². The van der Waals surface area contributed by atoms with E-state index in [2.05, 4.69) is 138 Å². The molecule has 0 heteroatoms. The Balaban J connectivity index is 0.000000183. The lowest BCUT2D eigenvalue weighted by atomic mass is 9.45. The highest BCUT2D eigenvalue weighted by Crippen LogP contribution is 2.62. The molecule has 0 aromatic carbocycles. The summed E-state index contributed by atoms with van der Waals surface area (Å²) in [6, 6.07) is 0. The Hall–Kier alpha value is 0. The van der Waals surface area contributed by atoms with E-state index in [1.54, 1.807) is 122 Å². The number of rotatable bonds is 11. The minimum absolute atomic E-state index is 0.694. The largest absolute Gasteiger partial charge is 0.0651 e. The van der Waals surface area contributed by atoms with E-state index in [9.17, 15) is 0 Å². The molecule has 0 nitrogen and oxygen atoms in total. The van der Waals surface area contributed by atoms with E-state index in [1.165, 1.54) is 218 Å². The Morgan fingerprint density at radius 2 is 0.520 bits per heavy atom. The van der Waals surface area contributed by atoms with Crippen LogP contribution in [0.3, 0.4) is 0 Å². The predicted octanol–water partition coefficient (Wildman–Crippen LogP) is 34.4. The van der Waals surface area contributed by atoms with Gasteiger partial charge in [0.2, 0.25) is 0 Å². The first-order valence-electron chi connectivity index (χ1n) is 48.8. The lowest BCUT2D eigenvalue weighted by molar-refractivity contribution is -0.107. The van der Waals surface area contributed by atoms with Crippen molar-refractivity contribution in [2.75, 3.05) is 0 Å². The molecule has 602 valence electrons.